The lowest BCUT2D eigenvalue weighted by atomic mass is 10.2. The molecule has 1 fully saturated rings. The Bertz CT molecular complexity index is 565. The Hall–Kier alpha value is -1.77. The summed E-state index contributed by atoms with van der Waals surface area (Å²) in [6.45, 7) is 4.58. The monoisotopic (exact) mass is 322 g/mol. The van der Waals surface area contributed by atoms with Crippen molar-refractivity contribution in [2.75, 3.05) is 26.9 Å². The molecule has 23 heavy (non-hydrogen) atoms. The Morgan fingerprint density at radius 2 is 2.39 bits per heavy atom. The number of rotatable bonds is 9. The summed E-state index contributed by atoms with van der Waals surface area (Å²) in [5, 5.41) is 12.0. The van der Waals surface area contributed by atoms with E-state index in [2.05, 4.69) is 15.5 Å². The molecule has 2 aromatic rings. The predicted molar refractivity (Wildman–Crippen MR) is 80.6 cm³/mol. The molecular formula is C15H24N5O3+. The van der Waals surface area contributed by atoms with Crippen LogP contribution in [0.15, 0.2) is 22.8 Å². The van der Waals surface area contributed by atoms with Crippen molar-refractivity contribution in [2.45, 2.75) is 38.6 Å². The van der Waals surface area contributed by atoms with Gasteiger partial charge in [-0.25, -0.2) is 4.68 Å². The Balaban J connectivity index is 1.65. The SMILES string of the molecule is COCCn1nnnc1C[NH+](Cc1ccco1)C[C@H]1CCCO1. The summed E-state index contributed by atoms with van der Waals surface area (Å²) in [4.78, 5) is 1.33. The van der Waals surface area contributed by atoms with Gasteiger partial charge in [0.25, 0.3) is 0 Å². The van der Waals surface area contributed by atoms with Gasteiger partial charge in [0.05, 0.1) is 19.4 Å². The van der Waals surface area contributed by atoms with Gasteiger partial charge in [0.1, 0.15) is 25.7 Å². The van der Waals surface area contributed by atoms with E-state index in [0.717, 1.165) is 50.7 Å². The maximum absolute atomic E-state index is 5.79. The second-order valence-corrected chi connectivity index (χ2v) is 5.83. The first-order valence-electron chi connectivity index (χ1n) is 8.06. The number of nitrogens with zero attached hydrogens (tertiary/aromatic N) is 4. The number of quaternary nitrogens is 1. The highest BCUT2D eigenvalue weighted by Crippen LogP contribution is 2.10. The lowest BCUT2D eigenvalue weighted by molar-refractivity contribution is -0.932. The van der Waals surface area contributed by atoms with Gasteiger partial charge in [-0.3, -0.25) is 0 Å². The fourth-order valence-electron chi connectivity index (χ4n) is 2.92. The third kappa shape index (κ3) is 4.60. The van der Waals surface area contributed by atoms with E-state index in [4.69, 9.17) is 13.9 Å². The fraction of sp³-hybridized carbons (Fsp3) is 0.667. The van der Waals surface area contributed by atoms with Crippen molar-refractivity contribution in [1.82, 2.24) is 20.2 Å². The largest absolute Gasteiger partial charge is 0.463 e. The molecule has 3 rings (SSSR count). The van der Waals surface area contributed by atoms with E-state index >= 15 is 0 Å². The summed E-state index contributed by atoms with van der Waals surface area (Å²) < 4.78 is 18.2. The average molecular weight is 322 g/mol. The fourth-order valence-corrected chi connectivity index (χ4v) is 2.92. The maximum atomic E-state index is 5.79. The number of hydrogen-bond acceptors (Lipinski definition) is 6. The van der Waals surface area contributed by atoms with E-state index in [1.54, 1.807) is 18.1 Å². The molecule has 2 aromatic heterocycles. The van der Waals surface area contributed by atoms with Crippen LogP contribution in [0.25, 0.3) is 0 Å². The first kappa shape index (κ1) is 16.1. The van der Waals surface area contributed by atoms with E-state index in [1.807, 2.05) is 12.1 Å². The quantitative estimate of drug-likeness (QED) is 0.681. The standard InChI is InChI=1S/C15H23N5O3/c1-21-9-6-20-15(16-17-18-20)12-19(10-13-4-2-7-22-13)11-14-5-3-8-23-14/h2,4,7,14H,3,5-6,8-12H2,1H3/p+1/t14-/m1/s1. The molecule has 0 bridgehead atoms. The Kier molecular flexibility index (Phi) is 5.73. The zero-order valence-electron chi connectivity index (χ0n) is 13.5. The van der Waals surface area contributed by atoms with Gasteiger partial charge in [-0.05, 0) is 35.4 Å². The molecule has 1 unspecified atom stereocenters. The number of methoxy groups -OCH3 is 1. The first-order chi connectivity index (χ1) is 11.3. The van der Waals surface area contributed by atoms with Crippen LogP contribution in [-0.2, 0) is 29.1 Å². The van der Waals surface area contributed by atoms with Crippen LogP contribution in [0.3, 0.4) is 0 Å². The molecule has 126 valence electrons. The molecule has 3 heterocycles. The summed E-state index contributed by atoms with van der Waals surface area (Å²) in [5.74, 6) is 1.83. The van der Waals surface area contributed by atoms with Crippen LogP contribution in [0.5, 0.6) is 0 Å². The third-order valence-corrected chi connectivity index (χ3v) is 4.07. The van der Waals surface area contributed by atoms with Crippen LogP contribution in [0.2, 0.25) is 0 Å². The third-order valence-electron chi connectivity index (χ3n) is 4.07. The summed E-state index contributed by atoms with van der Waals surface area (Å²) in [5.41, 5.74) is 0. The molecule has 2 atom stereocenters. The van der Waals surface area contributed by atoms with E-state index in [-0.39, 0.29) is 0 Å². The minimum absolute atomic E-state index is 0.309. The topological polar surface area (TPSA) is 79.6 Å². The second kappa shape index (κ2) is 8.19. The number of nitrogens with one attached hydrogen (secondary N) is 1. The van der Waals surface area contributed by atoms with Crippen LogP contribution < -0.4 is 4.90 Å². The first-order valence-corrected chi connectivity index (χ1v) is 8.06. The Labute approximate surface area is 135 Å². The van der Waals surface area contributed by atoms with Gasteiger partial charge in [0.15, 0.2) is 5.76 Å². The number of ether oxygens (including phenoxy) is 2. The Morgan fingerprint density at radius 1 is 1.43 bits per heavy atom. The second-order valence-electron chi connectivity index (χ2n) is 5.83. The molecule has 0 spiro atoms. The van der Waals surface area contributed by atoms with Crippen LogP contribution in [0, 0.1) is 0 Å². The zero-order valence-corrected chi connectivity index (χ0v) is 13.5. The smallest absolute Gasteiger partial charge is 0.206 e. The van der Waals surface area contributed by atoms with Crippen molar-refractivity contribution in [2.24, 2.45) is 0 Å². The molecule has 0 saturated carbocycles. The molecule has 8 nitrogen and oxygen atoms in total. The van der Waals surface area contributed by atoms with Gasteiger partial charge in [-0.15, -0.1) is 5.10 Å². The van der Waals surface area contributed by atoms with Crippen molar-refractivity contribution in [3.8, 4) is 0 Å². The predicted octanol–water partition coefficient (Wildman–Crippen LogP) is -0.323. The summed E-state index contributed by atoms with van der Waals surface area (Å²) >= 11 is 0. The van der Waals surface area contributed by atoms with Gasteiger partial charge >= 0.3 is 0 Å². The molecular weight excluding hydrogens is 298 g/mol. The number of hydrogen-bond donors (Lipinski definition) is 1. The van der Waals surface area contributed by atoms with E-state index in [1.165, 1.54) is 4.90 Å². The van der Waals surface area contributed by atoms with Crippen molar-refractivity contribution in [3.63, 3.8) is 0 Å². The molecule has 0 radical (unpaired) electrons. The molecule has 1 N–H and O–H groups in total. The van der Waals surface area contributed by atoms with Crippen molar-refractivity contribution in [3.05, 3.63) is 30.0 Å². The number of furan rings is 1. The minimum atomic E-state index is 0.309. The van der Waals surface area contributed by atoms with E-state index < -0.39 is 0 Å². The molecule has 0 aromatic carbocycles. The molecule has 0 aliphatic carbocycles. The summed E-state index contributed by atoms with van der Waals surface area (Å²) in [7, 11) is 1.68. The minimum Gasteiger partial charge on any atom is -0.463 e. The summed E-state index contributed by atoms with van der Waals surface area (Å²) in [6.07, 6.45) is 4.28. The van der Waals surface area contributed by atoms with Gasteiger partial charge in [0.2, 0.25) is 5.82 Å². The van der Waals surface area contributed by atoms with E-state index in [0.29, 0.717) is 19.3 Å². The molecule has 8 heteroatoms. The van der Waals surface area contributed by atoms with Crippen molar-refractivity contribution >= 4 is 0 Å². The highest BCUT2D eigenvalue weighted by molar-refractivity contribution is 4.95. The number of tetrazole rings is 1. The zero-order chi connectivity index (χ0) is 15.9. The van der Waals surface area contributed by atoms with Gasteiger partial charge in [0, 0.05) is 13.7 Å². The summed E-state index contributed by atoms with van der Waals surface area (Å²) in [6, 6.07) is 3.92. The normalized spacial score (nSPS) is 19.3. The molecule has 1 aliphatic heterocycles. The van der Waals surface area contributed by atoms with Crippen molar-refractivity contribution in [1.29, 1.82) is 0 Å². The van der Waals surface area contributed by atoms with Gasteiger partial charge in [-0.2, -0.15) is 0 Å². The number of aromatic nitrogens is 4. The van der Waals surface area contributed by atoms with Gasteiger partial charge in [-0.1, -0.05) is 0 Å². The van der Waals surface area contributed by atoms with Crippen LogP contribution >= 0.6 is 0 Å². The molecule has 1 aliphatic rings. The van der Waals surface area contributed by atoms with Crippen LogP contribution in [0.4, 0.5) is 0 Å². The van der Waals surface area contributed by atoms with Crippen LogP contribution in [0.1, 0.15) is 24.4 Å². The highest BCUT2D eigenvalue weighted by atomic mass is 16.5. The average Bonchev–Trinajstić information content (AvgIpc) is 3.28. The Morgan fingerprint density at radius 3 is 3.13 bits per heavy atom. The van der Waals surface area contributed by atoms with Crippen molar-refractivity contribution < 1.29 is 18.8 Å². The van der Waals surface area contributed by atoms with E-state index in [9.17, 15) is 0 Å². The highest BCUT2D eigenvalue weighted by Gasteiger charge is 2.24. The lowest BCUT2D eigenvalue weighted by Crippen LogP contribution is -3.10. The van der Waals surface area contributed by atoms with Crippen LogP contribution in [-0.4, -0.2) is 53.2 Å². The maximum Gasteiger partial charge on any atom is 0.206 e. The molecule has 1 saturated heterocycles. The molecule has 0 amide bonds. The lowest BCUT2D eigenvalue weighted by Gasteiger charge is -2.21. The van der Waals surface area contributed by atoms with Gasteiger partial charge < -0.3 is 18.8 Å².